The van der Waals surface area contributed by atoms with Crippen molar-refractivity contribution < 1.29 is 32.7 Å². The third kappa shape index (κ3) is 9.46. The molecule has 0 saturated carbocycles. The van der Waals surface area contributed by atoms with E-state index in [0.29, 0.717) is 0 Å². The van der Waals surface area contributed by atoms with Crippen LogP contribution in [0, 0.1) is 0 Å². The fourth-order valence-electron chi connectivity index (χ4n) is 1.29. The number of carbonyl (C=O) groups excluding carboxylic acids is 2. The van der Waals surface area contributed by atoms with E-state index in [0.717, 1.165) is 11.4 Å². The van der Waals surface area contributed by atoms with E-state index in [1.54, 1.807) is 27.7 Å². The van der Waals surface area contributed by atoms with Crippen LogP contribution >= 0.6 is 18.2 Å². The molecular formula is C13H25O7PS. The maximum Gasteiger partial charge on any atom is 0.392 e. The van der Waals surface area contributed by atoms with Gasteiger partial charge in [-0.1, -0.05) is 13.8 Å². The first-order valence-electron chi connectivity index (χ1n) is 7.33. The molecule has 9 heteroatoms. The van der Waals surface area contributed by atoms with E-state index < -0.39 is 18.2 Å². The van der Waals surface area contributed by atoms with Crippen molar-refractivity contribution in [1.82, 2.24) is 0 Å². The zero-order chi connectivity index (χ0) is 17.0. The van der Waals surface area contributed by atoms with E-state index in [1.807, 2.05) is 0 Å². The summed E-state index contributed by atoms with van der Waals surface area (Å²) in [4.78, 5) is 22.6. The Morgan fingerprint density at radius 1 is 1.00 bits per heavy atom. The van der Waals surface area contributed by atoms with E-state index in [2.05, 4.69) is 0 Å². The monoisotopic (exact) mass is 356 g/mol. The summed E-state index contributed by atoms with van der Waals surface area (Å²) in [7, 11) is 0. The molecule has 0 aromatic rings. The molecule has 0 aliphatic rings. The first kappa shape index (κ1) is 21.4. The predicted molar refractivity (Wildman–Crippen MR) is 84.5 cm³/mol. The van der Waals surface area contributed by atoms with E-state index in [1.165, 1.54) is 0 Å². The zero-order valence-corrected chi connectivity index (χ0v) is 15.2. The summed E-state index contributed by atoms with van der Waals surface area (Å²) in [5.74, 6) is -0.776. The fourth-order valence-corrected chi connectivity index (χ4v) is 5.07. The van der Waals surface area contributed by atoms with Crippen molar-refractivity contribution >= 4 is 30.1 Å². The number of rotatable bonds is 12. The highest BCUT2D eigenvalue weighted by molar-refractivity contribution is 8.55. The maximum absolute atomic E-state index is 12.5. The lowest BCUT2D eigenvalue weighted by Gasteiger charge is -2.22. The molecule has 0 saturated heterocycles. The molecule has 0 radical (unpaired) electrons. The van der Waals surface area contributed by atoms with Crippen molar-refractivity contribution in [3.05, 3.63) is 0 Å². The van der Waals surface area contributed by atoms with Gasteiger partial charge >= 0.3 is 18.7 Å². The number of hydrogen-bond acceptors (Lipinski definition) is 8. The second-order valence-corrected chi connectivity index (χ2v) is 8.15. The minimum absolute atomic E-state index is 0.0690. The summed E-state index contributed by atoms with van der Waals surface area (Å²) < 4.78 is 32.9. The molecular weight excluding hydrogens is 331 g/mol. The molecule has 0 aliphatic heterocycles. The first-order chi connectivity index (χ1) is 10.4. The van der Waals surface area contributed by atoms with Crippen molar-refractivity contribution in [2.75, 3.05) is 19.8 Å². The van der Waals surface area contributed by atoms with E-state index >= 15 is 0 Å². The van der Waals surface area contributed by atoms with Crippen LogP contribution in [0.25, 0.3) is 0 Å². The molecule has 0 N–H and O–H groups in total. The van der Waals surface area contributed by atoms with Gasteiger partial charge in [0.1, 0.15) is 0 Å². The molecule has 0 aromatic carbocycles. The van der Waals surface area contributed by atoms with Gasteiger partial charge in [0.2, 0.25) is 0 Å². The highest BCUT2D eigenvalue weighted by Crippen LogP contribution is 2.62. The van der Waals surface area contributed by atoms with Crippen LogP contribution in [0.1, 0.15) is 47.0 Å². The van der Waals surface area contributed by atoms with Crippen LogP contribution in [0.4, 0.5) is 0 Å². The molecule has 1 unspecified atom stereocenters. The molecule has 0 heterocycles. The van der Waals surface area contributed by atoms with Crippen LogP contribution in [-0.2, 0) is 32.7 Å². The van der Waals surface area contributed by atoms with Crippen molar-refractivity contribution in [3.63, 3.8) is 0 Å². The van der Waals surface area contributed by atoms with Crippen LogP contribution in [0.3, 0.4) is 0 Å². The van der Waals surface area contributed by atoms with Gasteiger partial charge < -0.3 is 18.5 Å². The van der Waals surface area contributed by atoms with Gasteiger partial charge in [-0.25, -0.2) is 4.57 Å². The van der Waals surface area contributed by atoms with Gasteiger partial charge in [-0.05, 0) is 13.8 Å². The second kappa shape index (κ2) is 11.9. The molecule has 7 nitrogen and oxygen atoms in total. The van der Waals surface area contributed by atoms with Gasteiger partial charge in [0, 0.05) is 30.6 Å². The van der Waals surface area contributed by atoms with Crippen molar-refractivity contribution in [2.45, 2.75) is 52.4 Å². The summed E-state index contributed by atoms with van der Waals surface area (Å²) >= 11 is 0.821. The Hall–Kier alpha value is -0.560. The highest BCUT2D eigenvalue weighted by Gasteiger charge is 2.31. The summed E-state index contributed by atoms with van der Waals surface area (Å²) in [6.45, 7) is 3.82. The Morgan fingerprint density at radius 2 is 1.55 bits per heavy atom. The van der Waals surface area contributed by atoms with Gasteiger partial charge in [-0.2, -0.15) is 0 Å². The van der Waals surface area contributed by atoms with Crippen molar-refractivity contribution in [1.29, 1.82) is 0 Å². The summed E-state index contributed by atoms with van der Waals surface area (Å²) in [6.07, 6.45) is 0.675. The number of carbonyl (C=O) groups is 2. The SMILES string of the molecule is CCOP(=O)(OCC)SC(CCOC(=O)CC)OC(=O)CC. The number of ether oxygens (including phenoxy) is 2. The lowest BCUT2D eigenvalue weighted by atomic mass is 10.4. The third-order valence-electron chi connectivity index (χ3n) is 2.28. The van der Waals surface area contributed by atoms with Crippen LogP contribution in [0.5, 0.6) is 0 Å². The Kier molecular flexibility index (Phi) is 11.6. The van der Waals surface area contributed by atoms with Crippen LogP contribution in [0.15, 0.2) is 0 Å². The zero-order valence-electron chi connectivity index (χ0n) is 13.5. The number of hydrogen-bond donors (Lipinski definition) is 0. The molecule has 0 amide bonds. The highest BCUT2D eigenvalue weighted by atomic mass is 32.7. The third-order valence-corrected chi connectivity index (χ3v) is 6.36. The Morgan fingerprint density at radius 3 is 2.00 bits per heavy atom. The molecule has 0 aromatic heterocycles. The Balaban J connectivity index is 4.71. The van der Waals surface area contributed by atoms with Crippen molar-refractivity contribution in [2.24, 2.45) is 0 Å². The van der Waals surface area contributed by atoms with Crippen LogP contribution < -0.4 is 0 Å². The van der Waals surface area contributed by atoms with Crippen molar-refractivity contribution in [3.8, 4) is 0 Å². The Labute approximate surface area is 135 Å². The predicted octanol–water partition coefficient (Wildman–Crippen LogP) is 3.52. The first-order valence-corrected chi connectivity index (χ1v) is 10.4. The summed E-state index contributed by atoms with van der Waals surface area (Å²) in [6, 6.07) is 0. The van der Waals surface area contributed by atoms with Crippen LogP contribution in [-0.4, -0.2) is 37.2 Å². The van der Waals surface area contributed by atoms with Gasteiger partial charge in [0.25, 0.3) is 0 Å². The standard InChI is InChI=1S/C13H25O7PS/c1-5-11(14)17-10-9-13(20-12(15)6-2)22-21(16,18-7-3)19-8-4/h13H,5-10H2,1-4H3. The average molecular weight is 356 g/mol. The molecule has 0 rings (SSSR count). The molecule has 130 valence electrons. The fraction of sp³-hybridized carbons (Fsp3) is 0.846. The molecule has 1 atom stereocenters. The second-order valence-electron chi connectivity index (χ2n) is 4.02. The lowest BCUT2D eigenvalue weighted by molar-refractivity contribution is -0.147. The van der Waals surface area contributed by atoms with E-state index in [4.69, 9.17) is 18.5 Å². The summed E-state index contributed by atoms with van der Waals surface area (Å²) in [5, 5.41) is 0. The topological polar surface area (TPSA) is 88.1 Å². The molecule has 0 spiro atoms. The smallest absolute Gasteiger partial charge is 0.392 e. The summed E-state index contributed by atoms with van der Waals surface area (Å²) in [5.41, 5.74) is -0.763. The van der Waals surface area contributed by atoms with Gasteiger partial charge in [0.05, 0.1) is 19.8 Å². The molecule has 22 heavy (non-hydrogen) atoms. The molecule has 0 bridgehead atoms. The van der Waals surface area contributed by atoms with Gasteiger partial charge in [0.15, 0.2) is 5.44 Å². The quantitative estimate of drug-likeness (QED) is 0.298. The number of esters is 2. The normalized spacial score (nSPS) is 12.7. The Bertz CT molecular complexity index is 379. The van der Waals surface area contributed by atoms with Gasteiger partial charge in [-0.3, -0.25) is 9.59 Å². The minimum Gasteiger partial charge on any atom is -0.465 e. The molecule has 0 fully saturated rings. The van der Waals surface area contributed by atoms with E-state index in [-0.39, 0.29) is 45.1 Å². The van der Waals surface area contributed by atoms with Gasteiger partial charge in [-0.15, -0.1) is 0 Å². The average Bonchev–Trinajstić information content (AvgIpc) is 2.46. The molecule has 0 aliphatic carbocycles. The lowest BCUT2D eigenvalue weighted by Crippen LogP contribution is -2.18. The largest absolute Gasteiger partial charge is 0.465 e. The minimum atomic E-state index is -3.41. The maximum atomic E-state index is 12.5. The van der Waals surface area contributed by atoms with Crippen LogP contribution in [0.2, 0.25) is 0 Å². The van der Waals surface area contributed by atoms with E-state index in [9.17, 15) is 14.2 Å².